The van der Waals surface area contributed by atoms with Gasteiger partial charge in [0.1, 0.15) is 11.3 Å². The van der Waals surface area contributed by atoms with Gasteiger partial charge in [0.25, 0.3) is 5.91 Å². The maximum atomic E-state index is 12.6. The lowest BCUT2D eigenvalue weighted by molar-refractivity contribution is -0.137. The lowest BCUT2D eigenvalue weighted by atomic mass is 9.99. The van der Waals surface area contributed by atoms with Crippen molar-refractivity contribution in [2.45, 2.75) is 91.6 Å². The Morgan fingerprint density at radius 1 is 1.06 bits per heavy atom. The molecule has 0 fully saturated rings. The van der Waals surface area contributed by atoms with Crippen LogP contribution in [0.15, 0.2) is 21.3 Å². The van der Waals surface area contributed by atoms with Gasteiger partial charge in [-0.2, -0.15) is 0 Å². The Morgan fingerprint density at radius 2 is 1.79 bits per heavy atom. The maximum Gasteiger partial charge on any atom is 0.339 e. The van der Waals surface area contributed by atoms with Crippen molar-refractivity contribution in [1.82, 2.24) is 5.32 Å². The van der Waals surface area contributed by atoms with E-state index in [9.17, 15) is 14.4 Å². The highest BCUT2D eigenvalue weighted by molar-refractivity contribution is 5.86. The summed E-state index contributed by atoms with van der Waals surface area (Å²) in [5, 5.41) is 12.4. The number of fused-ring (bicyclic) bond motifs is 1. The van der Waals surface area contributed by atoms with E-state index in [1.54, 1.807) is 6.92 Å². The van der Waals surface area contributed by atoms with Gasteiger partial charge in [0, 0.05) is 29.5 Å². The average Bonchev–Trinajstić information content (AvgIpc) is 2.77. The molecule has 0 aliphatic rings. The van der Waals surface area contributed by atoms with E-state index in [-0.39, 0.29) is 18.0 Å². The molecule has 1 aromatic heterocycles. The van der Waals surface area contributed by atoms with Crippen LogP contribution in [-0.2, 0) is 16.0 Å². The summed E-state index contributed by atoms with van der Waals surface area (Å²) in [5.74, 6) is -0.543. The molecule has 2 N–H and O–H groups in total. The summed E-state index contributed by atoms with van der Waals surface area (Å²) >= 11 is 0. The first-order valence-electron chi connectivity index (χ1n) is 12.0. The second kappa shape index (κ2) is 13.0. The third-order valence-electron chi connectivity index (χ3n) is 5.97. The van der Waals surface area contributed by atoms with Crippen LogP contribution >= 0.6 is 0 Å². The molecule has 0 spiro atoms. The van der Waals surface area contributed by atoms with Crippen LogP contribution in [0, 0.1) is 13.8 Å². The minimum Gasteiger partial charge on any atom is -0.481 e. The second-order valence-electron chi connectivity index (χ2n) is 8.62. The molecule has 0 radical (unpaired) electrons. The number of rotatable bonds is 14. The van der Waals surface area contributed by atoms with Gasteiger partial charge in [-0.3, -0.25) is 9.59 Å². The predicted octanol–water partition coefficient (Wildman–Crippen LogP) is 5.06. The highest BCUT2D eigenvalue weighted by Gasteiger charge is 2.19. The van der Waals surface area contributed by atoms with E-state index in [0.717, 1.165) is 55.0 Å². The van der Waals surface area contributed by atoms with E-state index in [4.69, 9.17) is 14.3 Å². The van der Waals surface area contributed by atoms with Crippen molar-refractivity contribution < 1.29 is 23.8 Å². The van der Waals surface area contributed by atoms with E-state index < -0.39 is 12.1 Å². The SMILES string of the molecule is CCCCCCc1c(C)c2ccc(OC(C)C(=O)NCCCCCC(=O)O)c(C)c2oc1=O. The normalized spacial score (nSPS) is 12.0. The van der Waals surface area contributed by atoms with Gasteiger partial charge < -0.3 is 19.6 Å². The molecule has 7 heteroatoms. The molecular weight excluding hydrogens is 422 g/mol. The molecule has 33 heavy (non-hydrogen) atoms. The topological polar surface area (TPSA) is 106 Å². The number of carbonyl (C=O) groups is 2. The number of nitrogens with one attached hydrogen (secondary N) is 1. The number of unbranched alkanes of at least 4 members (excludes halogenated alkanes) is 5. The molecule has 0 saturated carbocycles. The first-order chi connectivity index (χ1) is 15.8. The monoisotopic (exact) mass is 459 g/mol. The lowest BCUT2D eigenvalue weighted by Crippen LogP contribution is -2.36. The minimum atomic E-state index is -0.805. The molecule has 182 valence electrons. The third-order valence-corrected chi connectivity index (χ3v) is 5.97. The van der Waals surface area contributed by atoms with Gasteiger partial charge in [-0.15, -0.1) is 0 Å². The molecule has 0 bridgehead atoms. The fraction of sp³-hybridized carbons (Fsp3) is 0.577. The van der Waals surface area contributed by atoms with Crippen molar-refractivity contribution in [3.8, 4) is 5.75 Å². The quantitative estimate of drug-likeness (QED) is 0.302. The molecule has 0 saturated heterocycles. The molecule has 2 aromatic rings. The lowest BCUT2D eigenvalue weighted by Gasteiger charge is -2.17. The summed E-state index contributed by atoms with van der Waals surface area (Å²) in [7, 11) is 0. The molecular formula is C26H37NO6. The number of hydrogen-bond donors (Lipinski definition) is 2. The van der Waals surface area contributed by atoms with Gasteiger partial charge in [0.05, 0.1) is 0 Å². The molecule has 7 nitrogen and oxygen atoms in total. The van der Waals surface area contributed by atoms with Crippen LogP contribution in [0.3, 0.4) is 0 Å². The molecule has 2 rings (SSSR count). The summed E-state index contributed by atoms with van der Waals surface area (Å²) in [6.07, 6.45) is 6.57. The molecule has 1 heterocycles. The van der Waals surface area contributed by atoms with Crippen molar-refractivity contribution >= 4 is 22.8 Å². The van der Waals surface area contributed by atoms with Crippen molar-refractivity contribution in [3.05, 3.63) is 39.2 Å². The Morgan fingerprint density at radius 3 is 2.48 bits per heavy atom. The zero-order valence-electron chi connectivity index (χ0n) is 20.3. The Labute approximate surface area is 195 Å². The van der Waals surface area contributed by atoms with Crippen molar-refractivity contribution in [2.75, 3.05) is 6.54 Å². The Hall–Kier alpha value is -2.83. The summed E-state index contributed by atoms with van der Waals surface area (Å²) in [6, 6.07) is 3.71. The number of amides is 1. The summed E-state index contributed by atoms with van der Waals surface area (Å²) in [4.78, 5) is 35.5. The highest BCUT2D eigenvalue weighted by Crippen LogP contribution is 2.30. The van der Waals surface area contributed by atoms with E-state index >= 15 is 0 Å². The number of hydrogen-bond acceptors (Lipinski definition) is 5. The van der Waals surface area contributed by atoms with Crippen LogP contribution in [0.2, 0.25) is 0 Å². The van der Waals surface area contributed by atoms with Crippen molar-refractivity contribution in [2.24, 2.45) is 0 Å². The van der Waals surface area contributed by atoms with E-state index in [2.05, 4.69) is 12.2 Å². The van der Waals surface area contributed by atoms with Crippen LogP contribution in [0.5, 0.6) is 5.75 Å². The fourth-order valence-corrected chi connectivity index (χ4v) is 3.89. The molecule has 1 aromatic carbocycles. The van der Waals surface area contributed by atoms with Gasteiger partial charge >= 0.3 is 11.6 Å². The number of carboxylic acid groups (broad SMARTS) is 1. The molecule has 0 aliphatic heterocycles. The molecule has 1 unspecified atom stereocenters. The fourth-order valence-electron chi connectivity index (χ4n) is 3.89. The summed E-state index contributed by atoms with van der Waals surface area (Å²) < 4.78 is 11.6. The Bertz CT molecular complexity index is 1010. The Kier molecular flexibility index (Phi) is 10.4. The zero-order chi connectivity index (χ0) is 24.4. The number of benzene rings is 1. The van der Waals surface area contributed by atoms with E-state index in [0.29, 0.717) is 36.3 Å². The Balaban J connectivity index is 2.03. The van der Waals surface area contributed by atoms with Gasteiger partial charge in [-0.25, -0.2) is 4.79 Å². The predicted molar refractivity (Wildman–Crippen MR) is 129 cm³/mol. The van der Waals surface area contributed by atoms with Crippen LogP contribution in [-0.4, -0.2) is 29.6 Å². The standard InChI is InChI=1S/C26H37NO6/c1-5-6-7-9-12-21-17(2)20-14-15-22(18(3)24(20)33-26(21)31)32-19(4)25(30)27-16-11-8-10-13-23(28)29/h14-15,19H,5-13,16H2,1-4H3,(H,27,30)(H,28,29). The second-order valence-corrected chi connectivity index (χ2v) is 8.62. The first-order valence-corrected chi connectivity index (χ1v) is 12.0. The number of aliphatic carboxylic acids is 1. The van der Waals surface area contributed by atoms with Crippen LogP contribution in [0.25, 0.3) is 11.0 Å². The van der Waals surface area contributed by atoms with Gasteiger partial charge in [0.15, 0.2) is 6.10 Å². The summed E-state index contributed by atoms with van der Waals surface area (Å²) in [5.41, 5.74) is 2.58. The largest absolute Gasteiger partial charge is 0.481 e. The maximum absolute atomic E-state index is 12.6. The number of carbonyl (C=O) groups excluding carboxylic acids is 1. The summed E-state index contributed by atoms with van der Waals surface area (Å²) in [6.45, 7) is 8.09. The number of ether oxygens (including phenoxy) is 1. The molecule has 1 atom stereocenters. The van der Waals surface area contributed by atoms with E-state index in [1.165, 1.54) is 0 Å². The molecule has 1 amide bonds. The smallest absolute Gasteiger partial charge is 0.339 e. The zero-order valence-corrected chi connectivity index (χ0v) is 20.3. The third kappa shape index (κ3) is 7.62. The van der Waals surface area contributed by atoms with Gasteiger partial charge in [-0.1, -0.05) is 32.6 Å². The average molecular weight is 460 g/mol. The van der Waals surface area contributed by atoms with Gasteiger partial charge in [0.2, 0.25) is 0 Å². The molecule has 0 aliphatic carbocycles. The van der Waals surface area contributed by atoms with Crippen molar-refractivity contribution in [1.29, 1.82) is 0 Å². The van der Waals surface area contributed by atoms with Crippen LogP contribution in [0.4, 0.5) is 0 Å². The van der Waals surface area contributed by atoms with Crippen molar-refractivity contribution in [3.63, 3.8) is 0 Å². The van der Waals surface area contributed by atoms with Gasteiger partial charge in [-0.05, 0) is 64.2 Å². The first kappa shape index (κ1) is 26.4. The van der Waals surface area contributed by atoms with Crippen LogP contribution < -0.4 is 15.7 Å². The number of carboxylic acids is 1. The minimum absolute atomic E-state index is 0.144. The van der Waals surface area contributed by atoms with Crippen LogP contribution in [0.1, 0.15) is 81.9 Å². The highest BCUT2D eigenvalue weighted by atomic mass is 16.5. The van der Waals surface area contributed by atoms with E-state index in [1.807, 2.05) is 26.0 Å². The number of aryl methyl sites for hydroxylation is 2.